The fraction of sp³-hybridized carbons (Fsp3) is 0.433. The summed E-state index contributed by atoms with van der Waals surface area (Å²) in [5, 5.41) is 0. The number of aryl methyl sites for hydroxylation is 2. The molecule has 160 valence electrons. The lowest BCUT2D eigenvalue weighted by Gasteiger charge is -2.27. The zero-order chi connectivity index (χ0) is 21.4. The SMILES string of the molecule is CCCCc1ccc(-c2ccc3c(c2)C2=CC4C([N+]4=CC=C2)C(CC)(CC)CC3)cc1. The Hall–Kier alpha value is -2.41. The number of unbranched alkanes of at least 4 members (excludes halogenated alkanes) is 1. The standard InChI is InChI=1S/C30H36N/c1-4-7-9-22-11-13-23(14-12-22)25-16-15-24-17-18-30(5-2,6-3)29-28-21-26(27(24)20-25)10-8-19-31(28)29/h8,10-16,19-21,28-29H,4-7,9,17-18H2,1-3H3/q+1. The summed E-state index contributed by atoms with van der Waals surface area (Å²) in [6.45, 7) is 7.06. The fourth-order valence-electron chi connectivity index (χ4n) is 6.02. The zero-order valence-corrected chi connectivity index (χ0v) is 19.4. The van der Waals surface area contributed by atoms with Crippen LogP contribution in [0.2, 0.25) is 0 Å². The molecule has 2 bridgehead atoms. The van der Waals surface area contributed by atoms with Gasteiger partial charge in [0.2, 0.25) is 12.1 Å². The van der Waals surface area contributed by atoms with Gasteiger partial charge in [-0.2, -0.15) is 0 Å². The Bertz CT molecular complexity index is 1050. The molecule has 1 aliphatic carbocycles. The molecule has 2 unspecified atom stereocenters. The highest BCUT2D eigenvalue weighted by molar-refractivity contribution is 5.85. The molecule has 2 aromatic rings. The van der Waals surface area contributed by atoms with Crippen molar-refractivity contribution in [2.24, 2.45) is 5.41 Å². The van der Waals surface area contributed by atoms with Gasteiger partial charge in [0.25, 0.3) is 0 Å². The second-order valence-electron chi connectivity index (χ2n) is 9.75. The van der Waals surface area contributed by atoms with Gasteiger partial charge in [-0.1, -0.05) is 63.6 Å². The predicted octanol–water partition coefficient (Wildman–Crippen LogP) is 7.24. The van der Waals surface area contributed by atoms with E-state index >= 15 is 0 Å². The van der Waals surface area contributed by atoms with E-state index in [0.29, 0.717) is 17.5 Å². The molecule has 3 aliphatic rings. The number of benzene rings is 2. The van der Waals surface area contributed by atoms with E-state index in [9.17, 15) is 0 Å². The van der Waals surface area contributed by atoms with Crippen LogP contribution in [0.5, 0.6) is 0 Å². The second kappa shape index (κ2) is 8.26. The Morgan fingerprint density at radius 3 is 2.48 bits per heavy atom. The second-order valence-corrected chi connectivity index (χ2v) is 9.75. The summed E-state index contributed by atoms with van der Waals surface area (Å²) in [6.07, 6.45) is 18.2. The fourth-order valence-corrected chi connectivity index (χ4v) is 6.02. The summed E-state index contributed by atoms with van der Waals surface area (Å²) in [4.78, 5) is 0. The van der Waals surface area contributed by atoms with Crippen molar-refractivity contribution in [3.63, 3.8) is 0 Å². The number of allylic oxidation sites excluding steroid dienone is 3. The Morgan fingerprint density at radius 1 is 0.968 bits per heavy atom. The van der Waals surface area contributed by atoms with Crippen LogP contribution in [0.3, 0.4) is 0 Å². The van der Waals surface area contributed by atoms with E-state index in [-0.39, 0.29) is 0 Å². The molecule has 31 heavy (non-hydrogen) atoms. The Balaban J connectivity index is 1.53. The van der Waals surface area contributed by atoms with Crippen molar-refractivity contribution in [2.45, 2.75) is 77.8 Å². The predicted molar refractivity (Wildman–Crippen MR) is 133 cm³/mol. The van der Waals surface area contributed by atoms with E-state index in [1.165, 1.54) is 78.3 Å². The van der Waals surface area contributed by atoms with Crippen LogP contribution in [0.15, 0.2) is 60.7 Å². The zero-order valence-electron chi connectivity index (χ0n) is 19.4. The van der Waals surface area contributed by atoms with Crippen molar-refractivity contribution in [1.82, 2.24) is 0 Å². The van der Waals surface area contributed by atoms with E-state index in [0.717, 1.165) is 0 Å². The molecule has 1 nitrogen and oxygen atoms in total. The summed E-state index contributed by atoms with van der Waals surface area (Å²) >= 11 is 0. The van der Waals surface area contributed by atoms with E-state index in [1.807, 2.05) is 0 Å². The first kappa shape index (κ1) is 20.5. The van der Waals surface area contributed by atoms with Gasteiger partial charge in [-0.25, -0.2) is 4.58 Å². The van der Waals surface area contributed by atoms with Crippen molar-refractivity contribution >= 4 is 11.8 Å². The van der Waals surface area contributed by atoms with Crippen LogP contribution in [-0.4, -0.2) is 22.9 Å². The third-order valence-electron chi connectivity index (χ3n) is 8.24. The molecule has 1 fully saturated rings. The lowest BCUT2D eigenvalue weighted by atomic mass is 9.73. The average Bonchev–Trinajstić information content (AvgIpc) is 3.53. The van der Waals surface area contributed by atoms with Crippen LogP contribution in [0.25, 0.3) is 16.7 Å². The van der Waals surface area contributed by atoms with Crippen molar-refractivity contribution < 1.29 is 4.58 Å². The van der Waals surface area contributed by atoms with Gasteiger partial charge in [0, 0.05) is 11.5 Å². The van der Waals surface area contributed by atoms with Crippen molar-refractivity contribution in [3.8, 4) is 11.1 Å². The van der Waals surface area contributed by atoms with Gasteiger partial charge in [0.15, 0.2) is 6.21 Å². The third-order valence-corrected chi connectivity index (χ3v) is 8.24. The third kappa shape index (κ3) is 3.63. The van der Waals surface area contributed by atoms with Gasteiger partial charge in [-0.15, -0.1) is 0 Å². The number of hydrogen-bond acceptors (Lipinski definition) is 0. The first-order chi connectivity index (χ1) is 15.2. The molecule has 0 N–H and O–H groups in total. The van der Waals surface area contributed by atoms with Crippen LogP contribution < -0.4 is 0 Å². The summed E-state index contributed by atoms with van der Waals surface area (Å²) in [6, 6.07) is 17.7. The molecule has 0 aromatic heterocycles. The van der Waals surface area contributed by atoms with E-state index < -0.39 is 0 Å². The van der Waals surface area contributed by atoms with E-state index in [1.54, 1.807) is 0 Å². The molecule has 2 aliphatic heterocycles. The lowest BCUT2D eigenvalue weighted by Crippen LogP contribution is -2.29. The van der Waals surface area contributed by atoms with Crippen molar-refractivity contribution in [3.05, 3.63) is 77.4 Å². The van der Waals surface area contributed by atoms with Crippen LogP contribution >= 0.6 is 0 Å². The lowest BCUT2D eigenvalue weighted by molar-refractivity contribution is -0.384. The Morgan fingerprint density at radius 2 is 1.74 bits per heavy atom. The van der Waals surface area contributed by atoms with Gasteiger partial charge in [-0.05, 0) is 90.1 Å². The number of nitrogens with zero attached hydrogens (tertiary/aromatic N) is 1. The highest BCUT2D eigenvalue weighted by Crippen LogP contribution is 2.49. The molecule has 0 radical (unpaired) electrons. The largest absolute Gasteiger partial charge is 0.234 e. The summed E-state index contributed by atoms with van der Waals surface area (Å²) < 4.78 is 2.60. The van der Waals surface area contributed by atoms with Crippen molar-refractivity contribution in [2.75, 3.05) is 0 Å². The molecule has 0 spiro atoms. The minimum absolute atomic E-state index is 0.419. The summed E-state index contributed by atoms with van der Waals surface area (Å²) in [5.74, 6) is 0. The van der Waals surface area contributed by atoms with Gasteiger partial charge in [0.05, 0.1) is 0 Å². The minimum Gasteiger partial charge on any atom is -0.213 e. The van der Waals surface area contributed by atoms with Crippen LogP contribution in [0.4, 0.5) is 0 Å². The first-order valence-corrected chi connectivity index (χ1v) is 12.4. The molecule has 0 saturated carbocycles. The van der Waals surface area contributed by atoms with Gasteiger partial charge >= 0.3 is 0 Å². The molecule has 0 amide bonds. The maximum Gasteiger partial charge on any atom is 0.234 e. The smallest absolute Gasteiger partial charge is 0.213 e. The number of hydrogen-bond donors (Lipinski definition) is 0. The molecule has 2 aromatic carbocycles. The summed E-state index contributed by atoms with van der Waals surface area (Å²) in [5.41, 5.74) is 8.90. The maximum absolute atomic E-state index is 2.60. The summed E-state index contributed by atoms with van der Waals surface area (Å²) in [7, 11) is 0. The van der Waals surface area contributed by atoms with Crippen LogP contribution in [-0.2, 0) is 12.8 Å². The molecular weight excluding hydrogens is 374 g/mol. The van der Waals surface area contributed by atoms with Crippen LogP contribution in [0.1, 0.15) is 69.6 Å². The first-order valence-electron chi connectivity index (χ1n) is 12.4. The Kier molecular flexibility index (Phi) is 5.46. The topological polar surface area (TPSA) is 3.01 Å². The minimum atomic E-state index is 0.419. The van der Waals surface area contributed by atoms with Crippen molar-refractivity contribution in [1.29, 1.82) is 0 Å². The monoisotopic (exact) mass is 410 g/mol. The van der Waals surface area contributed by atoms with Gasteiger partial charge in [-0.3, -0.25) is 0 Å². The molecule has 1 saturated heterocycles. The maximum atomic E-state index is 2.60. The van der Waals surface area contributed by atoms with Gasteiger partial charge in [0.1, 0.15) is 0 Å². The highest BCUT2D eigenvalue weighted by atomic mass is 15.3. The highest BCUT2D eigenvalue weighted by Gasteiger charge is 2.64. The van der Waals surface area contributed by atoms with Gasteiger partial charge < -0.3 is 0 Å². The molecule has 2 atom stereocenters. The molecule has 1 heteroatoms. The molecule has 5 rings (SSSR count). The number of rotatable bonds is 6. The van der Waals surface area contributed by atoms with Crippen LogP contribution in [0, 0.1) is 5.41 Å². The quantitative estimate of drug-likeness (QED) is 0.349. The normalized spacial score (nSPS) is 22.9. The van der Waals surface area contributed by atoms with E-state index in [4.69, 9.17) is 0 Å². The number of fused-ring (bicyclic) bond motifs is 3. The molecule has 2 heterocycles. The van der Waals surface area contributed by atoms with E-state index in [2.05, 4.69) is 92.3 Å². The molecular formula is C30H36N+. The average molecular weight is 411 g/mol. The Labute approximate surface area is 188 Å².